The normalized spacial score (nSPS) is 11.1. The van der Waals surface area contributed by atoms with Crippen LogP contribution in [0.15, 0.2) is 101 Å². The van der Waals surface area contributed by atoms with Gasteiger partial charge in [0.25, 0.3) is 5.91 Å². The van der Waals surface area contributed by atoms with Gasteiger partial charge in [-0.1, -0.05) is 66.7 Å². The standard InChI is InChI=1S/C31H25BrN2O4/c1-36-28-15-22-10-4-3-9-21(22)14-26(28)31(35)34-33-18-24-16-29(37-2)30(17-27(24)32)38-19-23-12-7-11-20-8-5-6-13-25(20)23/h3-18H,19H2,1-2H3,(H,34,35)/b33-18-. The summed E-state index contributed by atoms with van der Waals surface area (Å²) >= 11 is 3.58. The number of benzene rings is 5. The van der Waals surface area contributed by atoms with Crippen molar-refractivity contribution in [3.63, 3.8) is 0 Å². The van der Waals surface area contributed by atoms with Crippen molar-refractivity contribution in [3.05, 3.63) is 112 Å². The van der Waals surface area contributed by atoms with Crippen molar-refractivity contribution >= 4 is 49.6 Å². The van der Waals surface area contributed by atoms with E-state index in [0.29, 0.717) is 35.0 Å². The summed E-state index contributed by atoms with van der Waals surface area (Å²) in [5.74, 6) is 1.25. The third-order valence-electron chi connectivity index (χ3n) is 6.23. The van der Waals surface area contributed by atoms with Gasteiger partial charge in [-0.05, 0) is 67.3 Å². The van der Waals surface area contributed by atoms with Crippen LogP contribution in [0, 0.1) is 0 Å². The highest BCUT2D eigenvalue weighted by Crippen LogP contribution is 2.34. The molecule has 1 amide bonds. The molecule has 7 heteroatoms. The Kier molecular flexibility index (Phi) is 7.56. The summed E-state index contributed by atoms with van der Waals surface area (Å²) in [6.07, 6.45) is 1.55. The first-order valence-electron chi connectivity index (χ1n) is 11.9. The van der Waals surface area contributed by atoms with Gasteiger partial charge in [0.2, 0.25) is 0 Å². The molecule has 0 saturated heterocycles. The highest BCUT2D eigenvalue weighted by molar-refractivity contribution is 9.10. The van der Waals surface area contributed by atoms with Gasteiger partial charge in [-0.25, -0.2) is 5.43 Å². The molecule has 5 aromatic carbocycles. The van der Waals surface area contributed by atoms with E-state index >= 15 is 0 Å². The zero-order chi connectivity index (χ0) is 26.5. The Morgan fingerprint density at radius 3 is 2.26 bits per heavy atom. The number of hydrogen-bond donors (Lipinski definition) is 1. The van der Waals surface area contributed by atoms with Crippen LogP contribution in [0.5, 0.6) is 17.2 Å². The molecule has 38 heavy (non-hydrogen) atoms. The number of halogens is 1. The molecular formula is C31H25BrN2O4. The maximum atomic E-state index is 12.9. The number of carbonyl (C=O) groups excluding carboxylic acids is 1. The number of carbonyl (C=O) groups is 1. The molecule has 0 aliphatic rings. The molecule has 0 spiro atoms. The van der Waals surface area contributed by atoms with E-state index in [1.165, 1.54) is 7.11 Å². The third kappa shape index (κ3) is 5.33. The van der Waals surface area contributed by atoms with Gasteiger partial charge in [0.15, 0.2) is 11.5 Å². The second-order valence-electron chi connectivity index (χ2n) is 8.55. The van der Waals surface area contributed by atoms with Gasteiger partial charge in [-0.3, -0.25) is 4.79 Å². The molecule has 0 unspecified atom stereocenters. The Labute approximate surface area is 229 Å². The van der Waals surface area contributed by atoms with E-state index in [-0.39, 0.29) is 5.91 Å². The molecule has 0 aliphatic heterocycles. The van der Waals surface area contributed by atoms with Gasteiger partial charge < -0.3 is 14.2 Å². The topological polar surface area (TPSA) is 69.2 Å². The Morgan fingerprint density at radius 2 is 1.50 bits per heavy atom. The van der Waals surface area contributed by atoms with Crippen LogP contribution in [0.2, 0.25) is 0 Å². The lowest BCUT2D eigenvalue weighted by Crippen LogP contribution is -2.18. The highest BCUT2D eigenvalue weighted by Gasteiger charge is 2.14. The zero-order valence-electron chi connectivity index (χ0n) is 20.9. The van der Waals surface area contributed by atoms with E-state index < -0.39 is 0 Å². The van der Waals surface area contributed by atoms with Crippen LogP contribution in [-0.2, 0) is 6.61 Å². The molecule has 190 valence electrons. The maximum Gasteiger partial charge on any atom is 0.275 e. The lowest BCUT2D eigenvalue weighted by Gasteiger charge is -2.14. The van der Waals surface area contributed by atoms with Crippen molar-refractivity contribution < 1.29 is 19.0 Å². The zero-order valence-corrected chi connectivity index (χ0v) is 22.5. The average Bonchev–Trinajstić information content (AvgIpc) is 2.96. The number of methoxy groups -OCH3 is 2. The van der Waals surface area contributed by atoms with Crippen LogP contribution in [-0.4, -0.2) is 26.3 Å². The van der Waals surface area contributed by atoms with Crippen LogP contribution >= 0.6 is 15.9 Å². The van der Waals surface area contributed by atoms with E-state index in [4.69, 9.17) is 14.2 Å². The maximum absolute atomic E-state index is 12.9. The number of nitrogens with zero attached hydrogens (tertiary/aromatic N) is 1. The van der Waals surface area contributed by atoms with E-state index in [1.54, 1.807) is 25.5 Å². The predicted octanol–water partition coefficient (Wildman–Crippen LogP) is 7.12. The van der Waals surface area contributed by atoms with Crippen molar-refractivity contribution in [2.45, 2.75) is 6.61 Å². The van der Waals surface area contributed by atoms with Crippen LogP contribution in [0.4, 0.5) is 0 Å². The minimum atomic E-state index is -0.373. The van der Waals surface area contributed by atoms with Crippen molar-refractivity contribution in [3.8, 4) is 17.2 Å². The van der Waals surface area contributed by atoms with Crippen molar-refractivity contribution in [2.24, 2.45) is 5.10 Å². The summed E-state index contributed by atoms with van der Waals surface area (Å²) < 4.78 is 17.9. The number of rotatable bonds is 8. The lowest BCUT2D eigenvalue weighted by molar-refractivity contribution is 0.0952. The van der Waals surface area contributed by atoms with E-state index in [0.717, 1.165) is 31.6 Å². The molecule has 0 saturated carbocycles. The van der Waals surface area contributed by atoms with Crippen LogP contribution in [0.1, 0.15) is 21.5 Å². The fourth-order valence-electron chi connectivity index (χ4n) is 4.28. The first kappa shape index (κ1) is 25.3. The largest absolute Gasteiger partial charge is 0.496 e. The molecule has 0 bridgehead atoms. The molecular weight excluding hydrogens is 544 g/mol. The van der Waals surface area contributed by atoms with Crippen LogP contribution < -0.4 is 19.6 Å². The lowest BCUT2D eigenvalue weighted by atomic mass is 10.1. The van der Waals surface area contributed by atoms with Gasteiger partial charge in [0, 0.05) is 10.0 Å². The van der Waals surface area contributed by atoms with E-state index in [9.17, 15) is 4.79 Å². The number of hydrogen-bond acceptors (Lipinski definition) is 5. The predicted molar refractivity (Wildman–Crippen MR) is 155 cm³/mol. The first-order chi connectivity index (χ1) is 18.6. The number of hydrazone groups is 1. The first-order valence-corrected chi connectivity index (χ1v) is 12.7. The van der Waals surface area contributed by atoms with Gasteiger partial charge in [-0.2, -0.15) is 5.10 Å². The molecule has 0 aromatic heterocycles. The summed E-state index contributed by atoms with van der Waals surface area (Å²) in [5, 5.41) is 8.40. The fraction of sp³-hybridized carbons (Fsp3) is 0.0968. The second kappa shape index (κ2) is 11.4. The molecule has 0 atom stereocenters. The molecule has 6 nitrogen and oxygen atoms in total. The van der Waals surface area contributed by atoms with Crippen molar-refractivity contribution in [1.29, 1.82) is 0 Å². The molecule has 0 radical (unpaired) electrons. The number of fused-ring (bicyclic) bond motifs is 2. The molecule has 1 N–H and O–H groups in total. The summed E-state index contributed by atoms with van der Waals surface area (Å²) in [6.45, 7) is 0.390. The molecule has 0 fully saturated rings. The Morgan fingerprint density at radius 1 is 0.816 bits per heavy atom. The Hall–Kier alpha value is -4.36. The SMILES string of the molecule is COc1cc(/C=N\NC(=O)c2cc3ccccc3cc2OC)c(Br)cc1OCc1cccc2ccccc12. The van der Waals surface area contributed by atoms with Gasteiger partial charge in [0.05, 0.1) is 26.0 Å². The quantitative estimate of drug-likeness (QED) is 0.160. The minimum absolute atomic E-state index is 0.373. The second-order valence-corrected chi connectivity index (χ2v) is 9.40. The summed E-state index contributed by atoms with van der Waals surface area (Å²) in [7, 11) is 3.13. The monoisotopic (exact) mass is 568 g/mol. The van der Waals surface area contributed by atoms with Gasteiger partial charge in [0.1, 0.15) is 12.4 Å². The average molecular weight is 569 g/mol. The highest BCUT2D eigenvalue weighted by atomic mass is 79.9. The summed E-state index contributed by atoms with van der Waals surface area (Å²) in [5.41, 5.74) is 4.78. The van der Waals surface area contributed by atoms with Crippen molar-refractivity contribution in [2.75, 3.05) is 14.2 Å². The van der Waals surface area contributed by atoms with Gasteiger partial charge in [-0.15, -0.1) is 0 Å². The van der Waals surface area contributed by atoms with Crippen molar-refractivity contribution in [1.82, 2.24) is 5.43 Å². The minimum Gasteiger partial charge on any atom is -0.496 e. The molecule has 5 aromatic rings. The number of ether oxygens (including phenoxy) is 3. The van der Waals surface area contributed by atoms with E-state index in [1.807, 2.05) is 54.6 Å². The summed E-state index contributed by atoms with van der Waals surface area (Å²) in [6, 6.07) is 29.4. The van der Waals surface area contributed by atoms with Crippen LogP contribution in [0.25, 0.3) is 21.5 Å². The molecule has 5 rings (SSSR count). The fourth-order valence-corrected chi connectivity index (χ4v) is 4.71. The molecule has 0 heterocycles. The smallest absolute Gasteiger partial charge is 0.275 e. The van der Waals surface area contributed by atoms with E-state index in [2.05, 4.69) is 50.7 Å². The Balaban J connectivity index is 1.32. The third-order valence-corrected chi connectivity index (χ3v) is 6.91. The number of amides is 1. The molecule has 0 aliphatic carbocycles. The van der Waals surface area contributed by atoms with Gasteiger partial charge >= 0.3 is 0 Å². The van der Waals surface area contributed by atoms with Crippen LogP contribution in [0.3, 0.4) is 0 Å². The Bertz CT molecular complexity index is 1660. The number of nitrogens with one attached hydrogen (secondary N) is 1. The summed E-state index contributed by atoms with van der Waals surface area (Å²) in [4.78, 5) is 12.9.